The molecule has 0 aliphatic carbocycles. The minimum Gasteiger partial charge on any atom is -0.326 e. The van der Waals surface area contributed by atoms with E-state index in [-0.39, 0.29) is 34.8 Å². The highest BCUT2D eigenvalue weighted by molar-refractivity contribution is 7.89. The monoisotopic (exact) mass is 556 g/mol. The second-order valence-corrected chi connectivity index (χ2v) is 10.5. The molecule has 3 aromatic rings. The predicted octanol–water partition coefficient (Wildman–Crippen LogP) is 2.91. The maximum atomic E-state index is 13.6. The van der Waals surface area contributed by atoms with Gasteiger partial charge in [-0.1, -0.05) is 29.8 Å². The predicted molar refractivity (Wildman–Crippen MR) is 138 cm³/mol. The number of hydrogen-bond acceptors (Lipinski definition) is 7. The smallest absolute Gasteiger partial charge is 0.270 e. The number of primary sulfonamides is 1. The Morgan fingerprint density at radius 3 is 2.39 bits per heavy atom. The molecule has 0 saturated carbocycles. The molecule has 0 bridgehead atoms. The highest BCUT2D eigenvalue weighted by Gasteiger charge is 2.44. The first-order valence-corrected chi connectivity index (χ1v) is 13.2. The lowest BCUT2D eigenvalue weighted by Crippen LogP contribution is -2.46. The molecule has 1 heterocycles. The molecule has 38 heavy (non-hydrogen) atoms. The van der Waals surface area contributed by atoms with Crippen LogP contribution in [0.1, 0.15) is 22.3 Å². The van der Waals surface area contributed by atoms with E-state index in [1.165, 1.54) is 47.4 Å². The summed E-state index contributed by atoms with van der Waals surface area (Å²) in [7, 11) is -3.98. The van der Waals surface area contributed by atoms with E-state index in [0.29, 0.717) is 11.4 Å². The van der Waals surface area contributed by atoms with Gasteiger partial charge >= 0.3 is 0 Å². The molecule has 1 unspecified atom stereocenters. The van der Waals surface area contributed by atoms with Crippen LogP contribution in [-0.2, 0) is 26.0 Å². The van der Waals surface area contributed by atoms with Crippen LogP contribution in [0.3, 0.4) is 0 Å². The number of non-ortho nitro benzene ring substituents is 1. The topological polar surface area (TPSA) is 161 Å². The molecule has 196 valence electrons. The third kappa shape index (κ3) is 5.72. The Hall–Kier alpha value is -4.13. The van der Waals surface area contributed by atoms with Gasteiger partial charge < -0.3 is 4.90 Å². The first kappa shape index (κ1) is 26.9. The zero-order valence-corrected chi connectivity index (χ0v) is 21.3. The molecule has 11 nitrogen and oxygen atoms in total. The van der Waals surface area contributed by atoms with Crippen molar-refractivity contribution in [3.63, 3.8) is 0 Å². The van der Waals surface area contributed by atoms with Gasteiger partial charge in [0.2, 0.25) is 15.9 Å². The van der Waals surface area contributed by atoms with E-state index < -0.39 is 38.7 Å². The maximum Gasteiger partial charge on any atom is 0.270 e. The highest BCUT2D eigenvalue weighted by Crippen LogP contribution is 2.28. The lowest BCUT2D eigenvalue weighted by atomic mass is 10.1. The average Bonchev–Trinajstić information content (AvgIpc) is 3.17. The van der Waals surface area contributed by atoms with E-state index >= 15 is 0 Å². The fraction of sp³-hybridized carbons (Fsp3) is 0.160. The molecule has 3 aromatic carbocycles. The van der Waals surface area contributed by atoms with Crippen LogP contribution in [-0.4, -0.2) is 48.5 Å². The summed E-state index contributed by atoms with van der Waals surface area (Å²) in [6, 6.07) is 15.7. The van der Waals surface area contributed by atoms with Crippen LogP contribution in [0.2, 0.25) is 5.02 Å². The average molecular weight is 557 g/mol. The molecule has 0 radical (unpaired) electrons. The van der Waals surface area contributed by atoms with Crippen molar-refractivity contribution in [1.82, 2.24) is 4.90 Å². The molecule has 0 aromatic heterocycles. The number of sulfonamides is 1. The second kappa shape index (κ2) is 10.7. The van der Waals surface area contributed by atoms with Crippen LogP contribution in [0.15, 0.2) is 77.7 Å². The van der Waals surface area contributed by atoms with Gasteiger partial charge in [-0.15, -0.1) is 0 Å². The number of nitro benzene ring substituents is 1. The van der Waals surface area contributed by atoms with E-state index in [4.69, 9.17) is 16.7 Å². The molecule has 0 spiro atoms. The Balaban J connectivity index is 1.66. The number of halogens is 1. The largest absolute Gasteiger partial charge is 0.326 e. The Kier molecular flexibility index (Phi) is 7.58. The number of carbonyl (C=O) groups is 3. The van der Waals surface area contributed by atoms with E-state index in [0.717, 1.165) is 16.5 Å². The number of anilines is 1. The van der Waals surface area contributed by atoms with E-state index in [1.807, 2.05) is 0 Å². The van der Waals surface area contributed by atoms with Crippen molar-refractivity contribution in [2.24, 2.45) is 5.14 Å². The summed E-state index contributed by atoms with van der Waals surface area (Å²) in [4.78, 5) is 52.5. The number of amides is 3. The highest BCUT2D eigenvalue weighted by atomic mass is 35.5. The summed E-state index contributed by atoms with van der Waals surface area (Å²) in [5.41, 5.74) is 0.589. The fourth-order valence-corrected chi connectivity index (χ4v) is 4.90. The number of carbonyl (C=O) groups excluding carboxylic acids is 3. The third-order valence-electron chi connectivity index (χ3n) is 6.02. The normalized spacial score (nSPS) is 15.5. The van der Waals surface area contributed by atoms with Crippen LogP contribution >= 0.6 is 11.6 Å². The molecular weight excluding hydrogens is 536 g/mol. The van der Waals surface area contributed by atoms with Gasteiger partial charge in [0.25, 0.3) is 17.5 Å². The van der Waals surface area contributed by atoms with Crippen molar-refractivity contribution in [2.45, 2.75) is 23.8 Å². The summed E-state index contributed by atoms with van der Waals surface area (Å²) < 4.78 is 23.1. The lowest BCUT2D eigenvalue weighted by Gasteiger charge is -2.28. The number of hydrogen-bond donors (Lipinski definition) is 1. The number of nitrogens with two attached hydrogens (primary N) is 1. The minimum absolute atomic E-state index is 0.0125. The quantitative estimate of drug-likeness (QED) is 0.253. The van der Waals surface area contributed by atoms with Gasteiger partial charge in [0.1, 0.15) is 6.04 Å². The molecule has 1 atom stereocenters. The molecule has 2 N–H and O–H groups in total. The molecule has 1 aliphatic heterocycles. The number of benzene rings is 3. The number of nitro groups is 1. The molecule has 3 amide bonds. The summed E-state index contributed by atoms with van der Waals surface area (Å²) in [6.07, 6.45) is -0.0335. The van der Waals surface area contributed by atoms with Gasteiger partial charge in [0, 0.05) is 29.3 Å². The summed E-state index contributed by atoms with van der Waals surface area (Å²) in [6.45, 7) is 0.0176. The Morgan fingerprint density at radius 1 is 1.08 bits per heavy atom. The number of nitrogens with zero attached hydrogens (tertiary/aromatic N) is 3. The Morgan fingerprint density at radius 2 is 1.76 bits per heavy atom. The third-order valence-corrected chi connectivity index (χ3v) is 7.18. The van der Waals surface area contributed by atoms with Crippen LogP contribution in [0, 0.1) is 10.1 Å². The van der Waals surface area contributed by atoms with Crippen LogP contribution in [0.5, 0.6) is 0 Å². The zero-order valence-electron chi connectivity index (χ0n) is 19.7. The number of imide groups is 1. The van der Waals surface area contributed by atoms with E-state index in [2.05, 4.69) is 0 Å². The Labute approximate surface area is 222 Å². The van der Waals surface area contributed by atoms with Crippen molar-refractivity contribution in [2.75, 3.05) is 11.4 Å². The van der Waals surface area contributed by atoms with Gasteiger partial charge in [-0.25, -0.2) is 18.5 Å². The standard InChI is InChI=1S/C25H21ClN4O7S/c26-18-5-1-3-16(13-18)11-12-28(24(32)17-4-2-6-20(14-17)30(34)35)22-15-23(31)29(25(22)33)19-7-9-21(10-8-19)38(27,36)37/h1-10,13-14,22H,11-12,15H2,(H2,27,36,37). The van der Waals surface area contributed by atoms with Gasteiger partial charge in [-0.3, -0.25) is 24.5 Å². The van der Waals surface area contributed by atoms with Crippen LogP contribution in [0.25, 0.3) is 0 Å². The van der Waals surface area contributed by atoms with Gasteiger partial charge in [-0.05, 0) is 54.4 Å². The molecule has 4 rings (SSSR count). The van der Waals surface area contributed by atoms with E-state index in [9.17, 15) is 32.9 Å². The molecule has 1 aliphatic rings. The summed E-state index contributed by atoms with van der Waals surface area (Å²) in [5.74, 6) is -1.94. The molecular formula is C25H21ClN4O7S. The van der Waals surface area contributed by atoms with Gasteiger partial charge in [0.05, 0.1) is 21.9 Å². The first-order valence-electron chi connectivity index (χ1n) is 11.3. The van der Waals surface area contributed by atoms with Crippen LogP contribution in [0.4, 0.5) is 11.4 Å². The molecule has 1 saturated heterocycles. The van der Waals surface area contributed by atoms with Crippen molar-refractivity contribution < 1.29 is 27.7 Å². The summed E-state index contributed by atoms with van der Waals surface area (Å²) in [5, 5.41) is 16.8. The van der Waals surface area contributed by atoms with Crippen molar-refractivity contribution in [1.29, 1.82) is 0 Å². The lowest BCUT2D eigenvalue weighted by molar-refractivity contribution is -0.384. The Bertz CT molecular complexity index is 1540. The first-order chi connectivity index (χ1) is 18.0. The minimum atomic E-state index is -3.98. The SMILES string of the molecule is NS(=O)(=O)c1ccc(N2C(=O)CC(N(CCc3cccc(Cl)c3)C(=O)c3cccc([N+](=O)[O-])c3)C2=O)cc1. The zero-order chi connectivity index (χ0) is 27.6. The van der Waals surface area contributed by atoms with Gasteiger partial charge in [-0.2, -0.15) is 0 Å². The molecule has 13 heteroatoms. The van der Waals surface area contributed by atoms with Crippen molar-refractivity contribution in [3.8, 4) is 0 Å². The summed E-state index contributed by atoms with van der Waals surface area (Å²) >= 11 is 6.07. The number of rotatable bonds is 8. The second-order valence-electron chi connectivity index (χ2n) is 8.51. The maximum absolute atomic E-state index is 13.6. The van der Waals surface area contributed by atoms with E-state index in [1.54, 1.807) is 24.3 Å². The van der Waals surface area contributed by atoms with Gasteiger partial charge in [0.15, 0.2) is 0 Å². The van der Waals surface area contributed by atoms with Crippen molar-refractivity contribution >= 4 is 50.7 Å². The van der Waals surface area contributed by atoms with Crippen LogP contribution < -0.4 is 10.0 Å². The molecule has 1 fully saturated rings. The fourth-order valence-electron chi connectivity index (χ4n) is 4.17. The van der Waals surface area contributed by atoms with Crippen molar-refractivity contribution in [3.05, 3.63) is 99.1 Å².